The van der Waals surface area contributed by atoms with E-state index in [1.165, 1.54) is 0 Å². The van der Waals surface area contributed by atoms with Crippen LogP contribution in [0.1, 0.15) is 24.0 Å². The Kier molecular flexibility index (Phi) is 4.22. The Balaban J connectivity index is 2.16. The molecule has 1 fully saturated rings. The number of rotatable bonds is 1. The summed E-state index contributed by atoms with van der Waals surface area (Å²) in [6.07, 6.45) is 1.55. The van der Waals surface area contributed by atoms with Gasteiger partial charge in [0, 0.05) is 5.56 Å². The highest BCUT2D eigenvalue weighted by molar-refractivity contribution is 9.09. The van der Waals surface area contributed by atoms with Gasteiger partial charge in [-0.2, -0.15) is 0 Å². The van der Waals surface area contributed by atoms with Crippen molar-refractivity contribution in [1.29, 1.82) is 0 Å². The summed E-state index contributed by atoms with van der Waals surface area (Å²) in [6.45, 7) is 1.75. The van der Waals surface area contributed by atoms with Gasteiger partial charge in [0.05, 0.1) is 10.9 Å². The predicted octanol–water partition coefficient (Wildman–Crippen LogP) is 2.00. The van der Waals surface area contributed by atoms with E-state index < -0.39 is 5.60 Å². The lowest BCUT2D eigenvalue weighted by atomic mass is 9.85. The summed E-state index contributed by atoms with van der Waals surface area (Å²) in [7, 11) is 0. The van der Waals surface area contributed by atoms with Gasteiger partial charge in [-0.05, 0) is 43.6 Å². The molecule has 2 rings (SSSR count). The second kappa shape index (κ2) is 5.68. The third-order valence-electron chi connectivity index (χ3n) is 3.15. The summed E-state index contributed by atoms with van der Waals surface area (Å²) in [5, 5.41) is 14.5. The molecule has 1 heterocycles. The number of piperidine rings is 1. The molecule has 0 spiro atoms. The van der Waals surface area contributed by atoms with Gasteiger partial charge in [-0.3, -0.25) is 0 Å². The van der Waals surface area contributed by atoms with Crippen molar-refractivity contribution in [3.63, 3.8) is 0 Å². The minimum atomic E-state index is -0.660. The fourth-order valence-electron chi connectivity index (χ4n) is 2.13. The van der Waals surface area contributed by atoms with E-state index in [1.807, 2.05) is 24.3 Å². The van der Waals surface area contributed by atoms with Gasteiger partial charge in [0.1, 0.15) is 0 Å². The highest BCUT2D eigenvalue weighted by Crippen LogP contribution is 2.30. The van der Waals surface area contributed by atoms with Crippen molar-refractivity contribution in [3.05, 3.63) is 35.4 Å². The molecule has 90 valence electrons. The number of hydrogen-bond donors (Lipinski definition) is 2. The van der Waals surface area contributed by atoms with Crippen LogP contribution in [-0.4, -0.2) is 23.5 Å². The molecule has 1 aliphatic rings. The fraction of sp³-hybridized carbons (Fsp3) is 0.429. The topological polar surface area (TPSA) is 32.3 Å². The lowest BCUT2D eigenvalue weighted by molar-refractivity contribution is 0.00594. The number of halogens is 1. The molecular weight excluding hydrogens is 278 g/mol. The average Bonchev–Trinajstić information content (AvgIpc) is 2.38. The molecule has 1 saturated heterocycles. The summed E-state index contributed by atoms with van der Waals surface area (Å²) in [4.78, 5) is 0. The van der Waals surface area contributed by atoms with Crippen molar-refractivity contribution in [1.82, 2.24) is 5.32 Å². The molecule has 0 amide bonds. The van der Waals surface area contributed by atoms with Crippen molar-refractivity contribution in [2.45, 2.75) is 18.4 Å². The van der Waals surface area contributed by atoms with E-state index >= 15 is 0 Å². The van der Waals surface area contributed by atoms with Gasteiger partial charge in [0.2, 0.25) is 0 Å². The van der Waals surface area contributed by atoms with Crippen molar-refractivity contribution in [3.8, 4) is 11.8 Å². The SMILES string of the molecule is OC1(c2ccc(C#CCBr)cc2)CCNCC1. The fourth-order valence-corrected chi connectivity index (χ4v) is 2.27. The van der Waals surface area contributed by atoms with Crippen LogP contribution >= 0.6 is 15.9 Å². The summed E-state index contributed by atoms with van der Waals surface area (Å²) in [5.41, 5.74) is 1.33. The third-order valence-corrected chi connectivity index (χ3v) is 3.43. The summed E-state index contributed by atoms with van der Waals surface area (Å²) in [6, 6.07) is 7.93. The number of nitrogens with one attached hydrogen (secondary N) is 1. The molecular formula is C14H16BrNO. The maximum atomic E-state index is 10.5. The largest absolute Gasteiger partial charge is 0.385 e. The van der Waals surface area contributed by atoms with Crippen LogP contribution in [0.2, 0.25) is 0 Å². The first kappa shape index (κ1) is 12.6. The normalized spacial score (nSPS) is 18.2. The second-order valence-electron chi connectivity index (χ2n) is 4.29. The monoisotopic (exact) mass is 293 g/mol. The first-order chi connectivity index (χ1) is 8.24. The van der Waals surface area contributed by atoms with Crippen LogP contribution in [-0.2, 0) is 5.60 Å². The van der Waals surface area contributed by atoms with Gasteiger partial charge < -0.3 is 10.4 Å². The van der Waals surface area contributed by atoms with Crippen LogP contribution in [0.5, 0.6) is 0 Å². The molecule has 2 N–H and O–H groups in total. The Bertz CT molecular complexity index is 424. The molecule has 3 heteroatoms. The Hall–Kier alpha value is -0.820. The van der Waals surface area contributed by atoms with Crippen LogP contribution in [0.4, 0.5) is 0 Å². The summed E-state index contributed by atoms with van der Waals surface area (Å²) >= 11 is 3.27. The Morgan fingerprint density at radius 3 is 2.47 bits per heavy atom. The first-order valence-electron chi connectivity index (χ1n) is 5.83. The highest BCUT2D eigenvalue weighted by atomic mass is 79.9. The van der Waals surface area contributed by atoms with E-state index in [4.69, 9.17) is 0 Å². The molecule has 0 saturated carbocycles. The van der Waals surface area contributed by atoms with Crippen LogP contribution in [0.15, 0.2) is 24.3 Å². The minimum Gasteiger partial charge on any atom is -0.385 e. The van der Waals surface area contributed by atoms with Crippen LogP contribution < -0.4 is 5.32 Å². The van der Waals surface area contributed by atoms with E-state index in [2.05, 4.69) is 33.1 Å². The van der Waals surface area contributed by atoms with Gasteiger partial charge >= 0.3 is 0 Å². The number of benzene rings is 1. The van der Waals surface area contributed by atoms with E-state index in [9.17, 15) is 5.11 Å². The number of alkyl halides is 1. The van der Waals surface area contributed by atoms with Gasteiger partial charge in [0.15, 0.2) is 0 Å². The first-order valence-corrected chi connectivity index (χ1v) is 6.95. The number of hydrogen-bond acceptors (Lipinski definition) is 2. The molecule has 1 aliphatic heterocycles. The smallest absolute Gasteiger partial charge is 0.0920 e. The van der Waals surface area contributed by atoms with Crippen molar-refractivity contribution >= 4 is 15.9 Å². The average molecular weight is 294 g/mol. The van der Waals surface area contributed by atoms with Gasteiger partial charge in [-0.25, -0.2) is 0 Å². The van der Waals surface area contributed by atoms with E-state index in [0.717, 1.165) is 37.1 Å². The van der Waals surface area contributed by atoms with E-state index in [1.54, 1.807) is 0 Å². The molecule has 0 aliphatic carbocycles. The zero-order valence-corrected chi connectivity index (χ0v) is 11.3. The zero-order chi connectivity index (χ0) is 12.1. The molecule has 0 aromatic heterocycles. The van der Waals surface area contributed by atoms with E-state index in [0.29, 0.717) is 5.33 Å². The number of aliphatic hydroxyl groups is 1. The van der Waals surface area contributed by atoms with Crippen molar-refractivity contribution < 1.29 is 5.11 Å². The van der Waals surface area contributed by atoms with Crippen LogP contribution in [0.25, 0.3) is 0 Å². The molecule has 1 aromatic carbocycles. The second-order valence-corrected chi connectivity index (χ2v) is 4.86. The summed E-state index contributed by atoms with van der Waals surface area (Å²) < 4.78 is 0. The molecule has 0 radical (unpaired) electrons. The minimum absolute atomic E-state index is 0.660. The Morgan fingerprint density at radius 2 is 1.88 bits per heavy atom. The van der Waals surface area contributed by atoms with Crippen LogP contribution in [0.3, 0.4) is 0 Å². The molecule has 0 unspecified atom stereocenters. The zero-order valence-electron chi connectivity index (χ0n) is 9.67. The maximum absolute atomic E-state index is 10.5. The highest BCUT2D eigenvalue weighted by Gasteiger charge is 2.30. The molecule has 17 heavy (non-hydrogen) atoms. The quantitative estimate of drug-likeness (QED) is 0.613. The third kappa shape index (κ3) is 3.10. The standard InChI is InChI=1S/C14H16BrNO/c15-9-1-2-12-3-5-13(6-4-12)14(17)7-10-16-11-8-14/h3-6,16-17H,7-11H2. The van der Waals surface area contributed by atoms with Crippen molar-refractivity contribution in [2.75, 3.05) is 18.4 Å². The van der Waals surface area contributed by atoms with E-state index in [-0.39, 0.29) is 0 Å². The lowest BCUT2D eigenvalue weighted by Gasteiger charge is -2.33. The van der Waals surface area contributed by atoms with Gasteiger partial charge in [-0.1, -0.05) is 39.9 Å². The Labute approximate surface area is 111 Å². The predicted molar refractivity (Wildman–Crippen MR) is 73.1 cm³/mol. The van der Waals surface area contributed by atoms with Crippen LogP contribution in [0, 0.1) is 11.8 Å². The van der Waals surface area contributed by atoms with Crippen molar-refractivity contribution in [2.24, 2.45) is 0 Å². The molecule has 1 aromatic rings. The lowest BCUT2D eigenvalue weighted by Crippen LogP contribution is -2.39. The molecule has 0 bridgehead atoms. The molecule has 0 atom stereocenters. The Morgan fingerprint density at radius 1 is 1.24 bits per heavy atom. The molecule has 2 nitrogen and oxygen atoms in total. The van der Waals surface area contributed by atoms with Gasteiger partial charge in [-0.15, -0.1) is 0 Å². The maximum Gasteiger partial charge on any atom is 0.0920 e. The summed E-state index contributed by atoms with van der Waals surface area (Å²) in [5.74, 6) is 6.01. The van der Waals surface area contributed by atoms with Gasteiger partial charge in [0.25, 0.3) is 0 Å².